The summed E-state index contributed by atoms with van der Waals surface area (Å²) < 4.78 is 5.00. The van der Waals surface area contributed by atoms with Crippen LogP contribution in [0.15, 0.2) is 6.07 Å². The van der Waals surface area contributed by atoms with Crippen molar-refractivity contribution < 1.29 is 4.74 Å². The second kappa shape index (κ2) is 7.45. The van der Waals surface area contributed by atoms with Crippen molar-refractivity contribution in [2.75, 3.05) is 12.4 Å². The smallest absolute Gasteiger partial charge is 0.158 e. The maximum Gasteiger partial charge on any atom is 0.158 e. The van der Waals surface area contributed by atoms with Gasteiger partial charge in [-0.25, -0.2) is 9.97 Å². The van der Waals surface area contributed by atoms with Crippen molar-refractivity contribution in [3.63, 3.8) is 0 Å². The highest BCUT2D eigenvalue weighted by Crippen LogP contribution is 2.14. The molecule has 1 rings (SSSR count). The van der Waals surface area contributed by atoms with Gasteiger partial charge in [-0.05, 0) is 13.3 Å². The Bertz CT molecular complexity index is 347. The highest BCUT2D eigenvalue weighted by Gasteiger charge is 2.06. The maximum atomic E-state index is 5.93. The van der Waals surface area contributed by atoms with Gasteiger partial charge >= 0.3 is 0 Å². The van der Waals surface area contributed by atoms with E-state index in [1.54, 1.807) is 13.2 Å². The third-order valence-electron chi connectivity index (χ3n) is 2.40. The number of aromatic nitrogens is 2. The first-order valence-corrected chi connectivity index (χ1v) is 6.32. The SMILES string of the molecule is CCCCC(C)Nc1cc(Cl)nc(COC)n1. The van der Waals surface area contributed by atoms with Crippen molar-refractivity contribution in [1.29, 1.82) is 0 Å². The number of unbranched alkanes of at least 4 members (excludes halogenated alkanes) is 1. The molecule has 0 aliphatic rings. The second-order valence-corrected chi connectivity index (χ2v) is 4.50. The Morgan fingerprint density at radius 3 is 2.88 bits per heavy atom. The predicted molar refractivity (Wildman–Crippen MR) is 70.4 cm³/mol. The van der Waals surface area contributed by atoms with E-state index in [-0.39, 0.29) is 0 Å². The topological polar surface area (TPSA) is 47.0 Å². The van der Waals surface area contributed by atoms with Gasteiger partial charge < -0.3 is 10.1 Å². The van der Waals surface area contributed by atoms with Gasteiger partial charge in [0.1, 0.15) is 17.6 Å². The van der Waals surface area contributed by atoms with Crippen LogP contribution in [0.25, 0.3) is 0 Å². The average Bonchev–Trinajstić information content (AvgIpc) is 2.26. The molecule has 4 nitrogen and oxygen atoms in total. The minimum atomic E-state index is 0.374. The van der Waals surface area contributed by atoms with Crippen LogP contribution in [0, 0.1) is 0 Å². The normalized spacial score (nSPS) is 12.5. The molecule has 1 heterocycles. The quantitative estimate of drug-likeness (QED) is 0.762. The zero-order valence-corrected chi connectivity index (χ0v) is 11.4. The van der Waals surface area contributed by atoms with Crippen LogP contribution < -0.4 is 5.32 Å². The van der Waals surface area contributed by atoms with E-state index in [1.165, 1.54) is 12.8 Å². The van der Waals surface area contributed by atoms with E-state index in [0.29, 0.717) is 23.6 Å². The number of anilines is 1. The Hall–Kier alpha value is -0.870. The van der Waals surface area contributed by atoms with E-state index in [2.05, 4.69) is 29.1 Å². The lowest BCUT2D eigenvalue weighted by atomic mass is 10.1. The first-order valence-electron chi connectivity index (χ1n) is 5.94. The monoisotopic (exact) mass is 257 g/mol. The number of hydrogen-bond donors (Lipinski definition) is 1. The zero-order chi connectivity index (χ0) is 12.7. The Balaban J connectivity index is 2.63. The van der Waals surface area contributed by atoms with E-state index in [1.807, 2.05) is 0 Å². The molecule has 1 aromatic rings. The lowest BCUT2D eigenvalue weighted by molar-refractivity contribution is 0.178. The summed E-state index contributed by atoms with van der Waals surface area (Å²) in [6.45, 7) is 4.70. The lowest BCUT2D eigenvalue weighted by Gasteiger charge is -2.14. The molecular formula is C12H20ClN3O. The Morgan fingerprint density at radius 1 is 1.47 bits per heavy atom. The van der Waals surface area contributed by atoms with Crippen molar-refractivity contribution in [1.82, 2.24) is 9.97 Å². The minimum absolute atomic E-state index is 0.374. The second-order valence-electron chi connectivity index (χ2n) is 4.11. The fourth-order valence-corrected chi connectivity index (χ4v) is 1.77. The van der Waals surface area contributed by atoms with Gasteiger partial charge in [0, 0.05) is 19.2 Å². The van der Waals surface area contributed by atoms with Crippen molar-refractivity contribution in [3.8, 4) is 0 Å². The number of nitrogens with one attached hydrogen (secondary N) is 1. The maximum absolute atomic E-state index is 5.93. The number of rotatable bonds is 7. The lowest BCUT2D eigenvalue weighted by Crippen LogP contribution is -2.16. The van der Waals surface area contributed by atoms with E-state index in [0.717, 1.165) is 12.2 Å². The van der Waals surface area contributed by atoms with Crippen LogP contribution in [-0.4, -0.2) is 23.1 Å². The molecule has 5 heteroatoms. The van der Waals surface area contributed by atoms with Gasteiger partial charge in [0.05, 0.1) is 0 Å². The molecule has 1 N–H and O–H groups in total. The number of halogens is 1. The van der Waals surface area contributed by atoms with Crippen molar-refractivity contribution in [2.24, 2.45) is 0 Å². The molecule has 0 aromatic carbocycles. The Labute approximate surface area is 108 Å². The molecule has 0 amide bonds. The zero-order valence-electron chi connectivity index (χ0n) is 10.7. The molecule has 96 valence electrons. The molecule has 0 fully saturated rings. The highest BCUT2D eigenvalue weighted by atomic mass is 35.5. The van der Waals surface area contributed by atoms with E-state index < -0.39 is 0 Å². The van der Waals surface area contributed by atoms with Crippen LogP contribution in [0.5, 0.6) is 0 Å². The number of nitrogens with zero attached hydrogens (tertiary/aromatic N) is 2. The van der Waals surface area contributed by atoms with Crippen LogP contribution in [-0.2, 0) is 11.3 Å². The number of hydrogen-bond acceptors (Lipinski definition) is 4. The van der Waals surface area contributed by atoms with Gasteiger partial charge in [-0.3, -0.25) is 0 Å². The highest BCUT2D eigenvalue weighted by molar-refractivity contribution is 6.29. The molecule has 0 aliphatic heterocycles. The van der Waals surface area contributed by atoms with Gasteiger partial charge in [0.15, 0.2) is 5.82 Å². The molecule has 0 aliphatic carbocycles. The summed E-state index contributed by atoms with van der Waals surface area (Å²) in [5.41, 5.74) is 0. The van der Waals surface area contributed by atoms with Crippen LogP contribution in [0.1, 0.15) is 38.9 Å². The van der Waals surface area contributed by atoms with Crippen LogP contribution in [0.2, 0.25) is 5.15 Å². The molecule has 0 saturated heterocycles. The molecule has 0 radical (unpaired) electrons. The summed E-state index contributed by atoms with van der Waals surface area (Å²) >= 11 is 5.93. The van der Waals surface area contributed by atoms with Gasteiger partial charge in [-0.15, -0.1) is 0 Å². The van der Waals surface area contributed by atoms with Crippen LogP contribution in [0.3, 0.4) is 0 Å². The fraction of sp³-hybridized carbons (Fsp3) is 0.667. The van der Waals surface area contributed by atoms with Crippen molar-refractivity contribution >= 4 is 17.4 Å². The largest absolute Gasteiger partial charge is 0.377 e. The third kappa shape index (κ3) is 5.33. The average molecular weight is 258 g/mol. The Morgan fingerprint density at radius 2 is 2.24 bits per heavy atom. The molecule has 0 saturated carbocycles. The summed E-state index contributed by atoms with van der Waals surface area (Å²) in [7, 11) is 1.61. The van der Waals surface area contributed by atoms with E-state index in [4.69, 9.17) is 16.3 Å². The summed E-state index contributed by atoms with van der Waals surface area (Å²) in [4.78, 5) is 8.42. The molecule has 0 spiro atoms. The molecule has 17 heavy (non-hydrogen) atoms. The summed E-state index contributed by atoms with van der Waals surface area (Å²) in [6, 6.07) is 2.12. The summed E-state index contributed by atoms with van der Waals surface area (Å²) in [5.74, 6) is 1.37. The standard InChI is InChI=1S/C12H20ClN3O/c1-4-5-6-9(2)14-11-7-10(13)15-12(16-11)8-17-3/h7,9H,4-6,8H2,1-3H3,(H,14,15,16). The van der Waals surface area contributed by atoms with Gasteiger partial charge in [0.2, 0.25) is 0 Å². The third-order valence-corrected chi connectivity index (χ3v) is 2.59. The number of ether oxygens (including phenoxy) is 1. The van der Waals surface area contributed by atoms with Crippen LogP contribution >= 0.6 is 11.6 Å². The minimum Gasteiger partial charge on any atom is -0.377 e. The van der Waals surface area contributed by atoms with Crippen molar-refractivity contribution in [2.45, 2.75) is 45.8 Å². The first kappa shape index (κ1) is 14.2. The van der Waals surface area contributed by atoms with Crippen LogP contribution in [0.4, 0.5) is 5.82 Å². The van der Waals surface area contributed by atoms with Gasteiger partial charge in [-0.2, -0.15) is 0 Å². The molecule has 1 atom stereocenters. The molecule has 1 unspecified atom stereocenters. The van der Waals surface area contributed by atoms with Gasteiger partial charge in [0.25, 0.3) is 0 Å². The van der Waals surface area contributed by atoms with E-state index >= 15 is 0 Å². The van der Waals surface area contributed by atoms with Gasteiger partial charge in [-0.1, -0.05) is 31.4 Å². The Kier molecular flexibility index (Phi) is 6.22. The fourth-order valence-electron chi connectivity index (χ4n) is 1.57. The number of methoxy groups -OCH3 is 1. The predicted octanol–water partition coefficient (Wildman–Crippen LogP) is 3.27. The molecular weight excluding hydrogens is 238 g/mol. The first-order chi connectivity index (χ1) is 8.15. The van der Waals surface area contributed by atoms with E-state index in [9.17, 15) is 0 Å². The van der Waals surface area contributed by atoms with Crippen molar-refractivity contribution in [3.05, 3.63) is 17.0 Å². The summed E-state index contributed by atoms with van der Waals surface area (Å²) in [5, 5.41) is 3.77. The molecule has 0 bridgehead atoms. The molecule has 1 aromatic heterocycles. The summed E-state index contributed by atoms with van der Waals surface area (Å²) in [6.07, 6.45) is 3.53.